The van der Waals surface area contributed by atoms with E-state index in [4.69, 9.17) is 9.47 Å². The number of morpholine rings is 2. The predicted molar refractivity (Wildman–Crippen MR) is 102 cm³/mol. The second-order valence-corrected chi connectivity index (χ2v) is 7.82. The van der Waals surface area contributed by atoms with Gasteiger partial charge >= 0.3 is 0 Å². The number of ether oxygens (including phenoxy) is 2. The summed E-state index contributed by atoms with van der Waals surface area (Å²) in [6, 6.07) is 3.84. The normalized spacial score (nSPS) is 22.2. The highest BCUT2D eigenvalue weighted by molar-refractivity contribution is 7.11. The number of thiophene rings is 1. The minimum atomic E-state index is -0.161. The van der Waals surface area contributed by atoms with Gasteiger partial charge < -0.3 is 14.4 Å². The van der Waals surface area contributed by atoms with Crippen LogP contribution in [0.1, 0.15) is 11.3 Å². The molecule has 27 heavy (non-hydrogen) atoms. The molecule has 0 N–H and O–H groups in total. The molecule has 4 rings (SSSR count). The lowest BCUT2D eigenvalue weighted by molar-refractivity contribution is -0.137. The molecule has 0 atom stereocenters. The quantitative estimate of drug-likeness (QED) is 0.671. The van der Waals surface area contributed by atoms with Crippen molar-refractivity contribution >= 4 is 28.7 Å². The van der Waals surface area contributed by atoms with Crippen molar-refractivity contribution in [2.75, 3.05) is 65.7 Å². The molecule has 0 spiro atoms. The van der Waals surface area contributed by atoms with E-state index in [9.17, 15) is 9.59 Å². The number of imide groups is 1. The zero-order valence-corrected chi connectivity index (χ0v) is 16.2. The lowest BCUT2D eigenvalue weighted by Crippen LogP contribution is -2.41. The van der Waals surface area contributed by atoms with Gasteiger partial charge in [-0.15, -0.1) is 11.3 Å². The molecule has 0 bridgehead atoms. The molecule has 7 nitrogen and oxygen atoms in total. The lowest BCUT2D eigenvalue weighted by Gasteiger charge is -2.30. The van der Waals surface area contributed by atoms with Gasteiger partial charge in [0.15, 0.2) is 0 Å². The minimum absolute atomic E-state index is 0.160. The summed E-state index contributed by atoms with van der Waals surface area (Å²) in [5.41, 5.74) is 1.11. The Morgan fingerprint density at radius 3 is 2.30 bits per heavy atom. The third-order valence-electron chi connectivity index (χ3n) is 5.20. The topological polar surface area (TPSA) is 62.3 Å². The Kier molecular flexibility index (Phi) is 5.87. The average molecular weight is 391 g/mol. The maximum Gasteiger partial charge on any atom is 0.277 e. The number of carbonyl (C=O) groups is 2. The second kappa shape index (κ2) is 8.52. The Balaban J connectivity index is 1.48. The van der Waals surface area contributed by atoms with Gasteiger partial charge in [0.2, 0.25) is 0 Å². The molecule has 146 valence electrons. The van der Waals surface area contributed by atoms with Crippen LogP contribution in [0.5, 0.6) is 0 Å². The fraction of sp³-hybridized carbons (Fsp3) is 0.579. The Labute approximate surface area is 163 Å². The maximum absolute atomic E-state index is 13.1. The fourth-order valence-electron chi connectivity index (χ4n) is 3.77. The zero-order valence-electron chi connectivity index (χ0n) is 15.4. The first-order valence-electron chi connectivity index (χ1n) is 9.53. The van der Waals surface area contributed by atoms with E-state index < -0.39 is 0 Å². The number of rotatable bonds is 6. The van der Waals surface area contributed by atoms with E-state index in [1.165, 1.54) is 16.2 Å². The Bertz CT molecular complexity index is 707. The largest absolute Gasteiger partial charge is 0.379 e. The van der Waals surface area contributed by atoms with Crippen molar-refractivity contribution in [2.24, 2.45) is 0 Å². The molecule has 2 amide bonds. The molecule has 2 saturated heterocycles. The highest BCUT2D eigenvalue weighted by Crippen LogP contribution is 2.34. The SMILES string of the molecule is O=C1C(c2cccs2)=C(N2CCOCC2)C(=O)N1CCCN1CCOCC1. The highest BCUT2D eigenvalue weighted by Gasteiger charge is 2.41. The smallest absolute Gasteiger partial charge is 0.277 e. The minimum Gasteiger partial charge on any atom is -0.379 e. The molecule has 3 aliphatic heterocycles. The van der Waals surface area contributed by atoms with Crippen molar-refractivity contribution < 1.29 is 19.1 Å². The first-order chi connectivity index (χ1) is 13.3. The summed E-state index contributed by atoms with van der Waals surface area (Å²) in [5, 5.41) is 1.94. The maximum atomic E-state index is 13.1. The molecule has 0 aliphatic carbocycles. The van der Waals surface area contributed by atoms with Crippen LogP contribution < -0.4 is 0 Å². The predicted octanol–water partition coefficient (Wildman–Crippen LogP) is 0.883. The van der Waals surface area contributed by atoms with Crippen LogP contribution >= 0.6 is 11.3 Å². The van der Waals surface area contributed by atoms with Gasteiger partial charge in [0.25, 0.3) is 11.8 Å². The third-order valence-corrected chi connectivity index (χ3v) is 6.09. The third kappa shape index (κ3) is 3.94. The lowest BCUT2D eigenvalue weighted by atomic mass is 10.1. The molecule has 0 unspecified atom stereocenters. The van der Waals surface area contributed by atoms with Crippen molar-refractivity contribution in [1.29, 1.82) is 0 Å². The van der Waals surface area contributed by atoms with Gasteiger partial charge in [-0.3, -0.25) is 19.4 Å². The van der Waals surface area contributed by atoms with Gasteiger partial charge in [0.1, 0.15) is 5.70 Å². The summed E-state index contributed by atoms with van der Waals surface area (Å²) in [6.07, 6.45) is 0.783. The van der Waals surface area contributed by atoms with E-state index in [0.29, 0.717) is 44.1 Å². The van der Waals surface area contributed by atoms with E-state index in [2.05, 4.69) is 4.90 Å². The van der Waals surface area contributed by atoms with E-state index in [-0.39, 0.29) is 11.8 Å². The van der Waals surface area contributed by atoms with Crippen LogP contribution in [0.2, 0.25) is 0 Å². The van der Waals surface area contributed by atoms with E-state index in [0.717, 1.165) is 44.1 Å². The average Bonchev–Trinajstić information content (AvgIpc) is 3.31. The van der Waals surface area contributed by atoms with Crippen LogP contribution in [0.15, 0.2) is 23.2 Å². The van der Waals surface area contributed by atoms with Crippen molar-refractivity contribution in [3.63, 3.8) is 0 Å². The summed E-state index contributed by atoms with van der Waals surface area (Å²) in [6.45, 7) is 7.13. The molecule has 0 aromatic carbocycles. The van der Waals surface area contributed by atoms with Crippen LogP contribution in [0.25, 0.3) is 5.57 Å². The van der Waals surface area contributed by atoms with Crippen molar-refractivity contribution in [1.82, 2.24) is 14.7 Å². The van der Waals surface area contributed by atoms with E-state index in [1.54, 1.807) is 0 Å². The Morgan fingerprint density at radius 1 is 0.926 bits per heavy atom. The van der Waals surface area contributed by atoms with Crippen LogP contribution in [0.3, 0.4) is 0 Å². The number of carbonyl (C=O) groups excluding carboxylic acids is 2. The first-order valence-corrected chi connectivity index (χ1v) is 10.4. The molecule has 4 heterocycles. The van der Waals surface area contributed by atoms with Gasteiger partial charge in [0, 0.05) is 44.1 Å². The highest BCUT2D eigenvalue weighted by atomic mass is 32.1. The van der Waals surface area contributed by atoms with Gasteiger partial charge in [-0.2, -0.15) is 0 Å². The van der Waals surface area contributed by atoms with E-state index >= 15 is 0 Å². The number of hydrogen-bond acceptors (Lipinski definition) is 7. The summed E-state index contributed by atoms with van der Waals surface area (Å²) in [7, 11) is 0. The first kappa shape index (κ1) is 18.6. The van der Waals surface area contributed by atoms with Crippen LogP contribution in [0, 0.1) is 0 Å². The molecule has 1 aromatic heterocycles. The zero-order chi connectivity index (χ0) is 18.6. The standard InChI is InChI=1S/C19H25N3O4S/c23-18-16(15-3-1-14-27-15)17(21-8-12-26-13-9-21)19(24)22(18)5-2-4-20-6-10-25-11-7-20/h1,3,14H,2,4-13H2. The molecule has 1 aromatic rings. The monoisotopic (exact) mass is 391 g/mol. The Morgan fingerprint density at radius 2 is 1.63 bits per heavy atom. The number of nitrogens with zero attached hydrogens (tertiary/aromatic N) is 3. The van der Waals surface area contributed by atoms with Crippen LogP contribution in [-0.2, 0) is 19.1 Å². The fourth-order valence-corrected chi connectivity index (χ4v) is 4.53. The van der Waals surface area contributed by atoms with E-state index in [1.807, 2.05) is 22.4 Å². The molecule has 8 heteroatoms. The van der Waals surface area contributed by atoms with Crippen molar-refractivity contribution in [2.45, 2.75) is 6.42 Å². The second-order valence-electron chi connectivity index (χ2n) is 6.87. The molecule has 0 saturated carbocycles. The van der Waals surface area contributed by atoms with Crippen LogP contribution in [-0.4, -0.2) is 92.2 Å². The van der Waals surface area contributed by atoms with Crippen molar-refractivity contribution in [3.8, 4) is 0 Å². The molecule has 3 aliphatic rings. The van der Waals surface area contributed by atoms with Gasteiger partial charge in [-0.1, -0.05) is 6.07 Å². The van der Waals surface area contributed by atoms with Gasteiger partial charge in [-0.05, 0) is 17.9 Å². The van der Waals surface area contributed by atoms with Gasteiger partial charge in [-0.25, -0.2) is 0 Å². The van der Waals surface area contributed by atoms with Gasteiger partial charge in [0.05, 0.1) is 32.0 Å². The van der Waals surface area contributed by atoms with Crippen LogP contribution in [0.4, 0.5) is 0 Å². The Hall–Kier alpha value is -1.74. The molecule has 2 fully saturated rings. The summed E-state index contributed by atoms with van der Waals surface area (Å²) < 4.78 is 10.8. The molecular weight excluding hydrogens is 366 g/mol. The number of hydrogen-bond donors (Lipinski definition) is 0. The van der Waals surface area contributed by atoms with Crippen molar-refractivity contribution in [3.05, 3.63) is 28.1 Å². The summed E-state index contributed by atoms with van der Waals surface area (Å²) in [4.78, 5) is 32.9. The molecule has 0 radical (unpaired) electrons. The summed E-state index contributed by atoms with van der Waals surface area (Å²) >= 11 is 1.50. The molecular formula is C19H25N3O4S. The summed E-state index contributed by atoms with van der Waals surface area (Å²) in [5.74, 6) is -0.321. The number of amides is 2.